The van der Waals surface area contributed by atoms with Gasteiger partial charge < -0.3 is 0 Å². The average Bonchev–Trinajstić information content (AvgIpc) is 3.85. The lowest BCUT2D eigenvalue weighted by molar-refractivity contribution is 1.08. The molecular formula is C49H29N5S2. The van der Waals surface area contributed by atoms with E-state index in [4.69, 9.17) is 24.9 Å². The lowest BCUT2D eigenvalue weighted by atomic mass is 10.0. The van der Waals surface area contributed by atoms with Crippen LogP contribution in [0.2, 0.25) is 0 Å². The quantitative estimate of drug-likeness (QED) is 0.169. The van der Waals surface area contributed by atoms with Crippen LogP contribution in [0.4, 0.5) is 0 Å². The van der Waals surface area contributed by atoms with E-state index in [1.54, 1.807) is 22.7 Å². The second kappa shape index (κ2) is 13.4. The number of benzene rings is 7. The molecule has 4 heterocycles. The van der Waals surface area contributed by atoms with Gasteiger partial charge in [0.15, 0.2) is 23.3 Å². The number of hydrogen-bond donors (Lipinski definition) is 0. The third-order valence-corrected chi connectivity index (χ3v) is 12.5. The van der Waals surface area contributed by atoms with Crippen LogP contribution in [-0.4, -0.2) is 24.9 Å². The maximum atomic E-state index is 5.27. The molecule has 0 bridgehead atoms. The summed E-state index contributed by atoms with van der Waals surface area (Å²) in [5, 5.41) is 3.41. The van der Waals surface area contributed by atoms with Crippen LogP contribution in [0.5, 0.6) is 0 Å². The maximum Gasteiger partial charge on any atom is 0.164 e. The largest absolute Gasteiger partial charge is 0.226 e. The van der Waals surface area contributed by atoms with E-state index in [1.807, 2.05) is 42.5 Å². The van der Waals surface area contributed by atoms with Gasteiger partial charge in [0, 0.05) is 58.1 Å². The number of thiophene rings is 2. The normalized spacial score (nSPS) is 11.6. The molecular weight excluding hydrogens is 723 g/mol. The first-order chi connectivity index (χ1) is 27.7. The standard InChI is InChI=1S/C49H29N5S2/c1-4-13-30(14-5-1)31-23-25-34(26-24-31)48-52-47(33-17-8-3-9-18-33)53-49(54-48)37-20-12-22-41-42(37)38-29-35(27-28-40(38)55-41)43-45-44(36-19-10-11-21-39(36)56-45)51-46(50-43)32-15-6-2-7-16-32/h1-29H. The van der Waals surface area contributed by atoms with E-state index in [0.717, 1.165) is 71.3 Å². The number of aromatic nitrogens is 5. The molecule has 262 valence electrons. The third kappa shape index (κ3) is 5.64. The monoisotopic (exact) mass is 751 g/mol. The van der Waals surface area contributed by atoms with Gasteiger partial charge in [0.25, 0.3) is 0 Å². The molecule has 4 aromatic heterocycles. The number of hydrogen-bond acceptors (Lipinski definition) is 7. The van der Waals surface area contributed by atoms with E-state index in [-0.39, 0.29) is 0 Å². The fourth-order valence-corrected chi connectivity index (χ4v) is 9.71. The molecule has 0 saturated heterocycles. The molecule has 0 fully saturated rings. The highest BCUT2D eigenvalue weighted by molar-refractivity contribution is 7.26. The molecule has 11 rings (SSSR count). The van der Waals surface area contributed by atoms with Crippen LogP contribution in [-0.2, 0) is 0 Å². The summed E-state index contributed by atoms with van der Waals surface area (Å²) in [6.45, 7) is 0. The molecule has 0 spiro atoms. The first kappa shape index (κ1) is 32.5. The molecule has 0 aliphatic heterocycles. The van der Waals surface area contributed by atoms with Crippen LogP contribution in [0.3, 0.4) is 0 Å². The molecule has 0 N–H and O–H groups in total. The first-order valence-corrected chi connectivity index (χ1v) is 20.0. The Morgan fingerprint density at radius 3 is 1.55 bits per heavy atom. The van der Waals surface area contributed by atoms with Gasteiger partial charge in [0.05, 0.1) is 15.9 Å². The van der Waals surface area contributed by atoms with E-state index in [0.29, 0.717) is 17.5 Å². The second-order valence-electron chi connectivity index (χ2n) is 13.6. The van der Waals surface area contributed by atoms with E-state index in [1.165, 1.54) is 19.7 Å². The predicted octanol–water partition coefficient (Wildman–Crippen LogP) is 13.4. The van der Waals surface area contributed by atoms with Gasteiger partial charge in [-0.05, 0) is 35.4 Å². The Bertz CT molecular complexity index is 3230. The zero-order valence-electron chi connectivity index (χ0n) is 29.8. The highest BCUT2D eigenvalue weighted by Gasteiger charge is 2.20. The van der Waals surface area contributed by atoms with Crippen molar-refractivity contribution in [1.82, 2.24) is 24.9 Å². The second-order valence-corrected chi connectivity index (χ2v) is 15.8. The van der Waals surface area contributed by atoms with Crippen molar-refractivity contribution < 1.29 is 0 Å². The van der Waals surface area contributed by atoms with Gasteiger partial charge in [-0.3, -0.25) is 0 Å². The van der Waals surface area contributed by atoms with E-state index < -0.39 is 0 Å². The van der Waals surface area contributed by atoms with Crippen molar-refractivity contribution in [3.8, 4) is 67.9 Å². The fraction of sp³-hybridized carbons (Fsp3) is 0. The minimum atomic E-state index is 0.632. The van der Waals surface area contributed by atoms with Crippen molar-refractivity contribution in [2.75, 3.05) is 0 Å². The number of rotatable bonds is 6. The Labute approximate surface area is 330 Å². The average molecular weight is 752 g/mol. The summed E-state index contributed by atoms with van der Waals surface area (Å²) >= 11 is 3.53. The van der Waals surface area contributed by atoms with Crippen molar-refractivity contribution >= 4 is 63.1 Å². The first-order valence-electron chi connectivity index (χ1n) is 18.4. The third-order valence-electron chi connectivity index (χ3n) is 10.2. The van der Waals surface area contributed by atoms with Crippen LogP contribution >= 0.6 is 22.7 Å². The van der Waals surface area contributed by atoms with Gasteiger partial charge in [-0.1, -0.05) is 152 Å². The van der Waals surface area contributed by atoms with E-state index in [9.17, 15) is 0 Å². The smallest absolute Gasteiger partial charge is 0.164 e. The minimum absolute atomic E-state index is 0.632. The molecule has 11 aromatic rings. The molecule has 0 radical (unpaired) electrons. The molecule has 0 unspecified atom stereocenters. The van der Waals surface area contributed by atoms with Crippen molar-refractivity contribution in [2.24, 2.45) is 0 Å². The number of nitrogens with zero attached hydrogens (tertiary/aromatic N) is 5. The Morgan fingerprint density at radius 1 is 0.321 bits per heavy atom. The highest BCUT2D eigenvalue weighted by atomic mass is 32.1. The summed E-state index contributed by atoms with van der Waals surface area (Å²) in [5.74, 6) is 2.62. The van der Waals surface area contributed by atoms with E-state index in [2.05, 4.69) is 133 Å². The molecule has 0 aliphatic rings. The van der Waals surface area contributed by atoms with Crippen LogP contribution in [0.25, 0.3) is 108 Å². The fourth-order valence-electron chi connectivity index (χ4n) is 7.45. The summed E-state index contributed by atoms with van der Waals surface area (Å²) in [4.78, 5) is 25.8. The SMILES string of the molecule is c1ccc(-c2ccc(-c3nc(-c4ccccc4)nc(-c4cccc5sc6ccc(-c7nc(-c8ccccc8)nc8c7sc7ccccc78)cc6c45)n3)cc2)cc1. The lowest BCUT2D eigenvalue weighted by Gasteiger charge is -2.10. The summed E-state index contributed by atoms with van der Waals surface area (Å²) in [6, 6.07) is 60.9. The summed E-state index contributed by atoms with van der Waals surface area (Å²) in [6.07, 6.45) is 0. The molecule has 0 atom stereocenters. The van der Waals surface area contributed by atoms with Gasteiger partial charge in [0.2, 0.25) is 0 Å². The molecule has 0 aliphatic carbocycles. The van der Waals surface area contributed by atoms with Gasteiger partial charge >= 0.3 is 0 Å². The van der Waals surface area contributed by atoms with Gasteiger partial charge in [-0.15, -0.1) is 22.7 Å². The molecule has 56 heavy (non-hydrogen) atoms. The van der Waals surface area contributed by atoms with Crippen molar-refractivity contribution in [3.63, 3.8) is 0 Å². The van der Waals surface area contributed by atoms with Gasteiger partial charge in [-0.2, -0.15) is 0 Å². The zero-order chi connectivity index (χ0) is 37.0. The summed E-state index contributed by atoms with van der Waals surface area (Å²) in [5.41, 5.74) is 9.09. The minimum Gasteiger partial charge on any atom is -0.226 e. The Hall–Kier alpha value is -6.93. The van der Waals surface area contributed by atoms with Gasteiger partial charge in [-0.25, -0.2) is 24.9 Å². The molecule has 0 saturated carbocycles. The number of fused-ring (bicyclic) bond motifs is 6. The van der Waals surface area contributed by atoms with Crippen LogP contribution in [0, 0.1) is 0 Å². The topological polar surface area (TPSA) is 64.5 Å². The van der Waals surface area contributed by atoms with Crippen LogP contribution in [0.15, 0.2) is 176 Å². The molecule has 0 amide bonds. The molecule has 7 heteroatoms. The van der Waals surface area contributed by atoms with Gasteiger partial charge in [0.1, 0.15) is 0 Å². The predicted molar refractivity (Wildman–Crippen MR) is 234 cm³/mol. The summed E-state index contributed by atoms with van der Waals surface area (Å²) < 4.78 is 4.64. The van der Waals surface area contributed by atoms with E-state index >= 15 is 0 Å². The zero-order valence-corrected chi connectivity index (χ0v) is 31.4. The van der Waals surface area contributed by atoms with Crippen molar-refractivity contribution in [1.29, 1.82) is 0 Å². The maximum absolute atomic E-state index is 5.27. The highest BCUT2D eigenvalue weighted by Crippen LogP contribution is 2.44. The molecule has 5 nitrogen and oxygen atoms in total. The Balaban J connectivity index is 1.11. The summed E-state index contributed by atoms with van der Waals surface area (Å²) in [7, 11) is 0. The molecule has 7 aromatic carbocycles. The van der Waals surface area contributed by atoms with Crippen molar-refractivity contribution in [3.05, 3.63) is 176 Å². The Morgan fingerprint density at radius 2 is 0.839 bits per heavy atom. The van der Waals surface area contributed by atoms with Crippen LogP contribution < -0.4 is 0 Å². The van der Waals surface area contributed by atoms with Crippen molar-refractivity contribution in [2.45, 2.75) is 0 Å². The van der Waals surface area contributed by atoms with Crippen LogP contribution in [0.1, 0.15) is 0 Å². The Kier molecular flexibility index (Phi) is 7.79. The lowest BCUT2D eigenvalue weighted by Crippen LogP contribution is -2.00.